The normalized spacial score (nSPS) is 17.5. The zero-order chi connectivity index (χ0) is 52.8. The van der Waals surface area contributed by atoms with Gasteiger partial charge in [-0.1, -0.05) is 235 Å². The number of hydrogen-bond donors (Lipinski definition) is 0. The lowest BCUT2D eigenvalue weighted by Crippen LogP contribution is -2.11. The molecule has 7 aliphatic rings. The summed E-state index contributed by atoms with van der Waals surface area (Å²) in [6, 6.07) is 0. The predicted molar refractivity (Wildman–Crippen MR) is 300 cm³/mol. The molecule has 0 spiro atoms. The van der Waals surface area contributed by atoms with Gasteiger partial charge in [-0.25, -0.2) is 26.3 Å². The van der Waals surface area contributed by atoms with Gasteiger partial charge in [0, 0.05) is 25.3 Å². The molecule has 0 nitrogen and oxygen atoms in total. The van der Waals surface area contributed by atoms with Crippen LogP contribution < -0.4 is 0 Å². The lowest BCUT2D eigenvalue weighted by Gasteiger charge is -2.10. The average molecular weight is 991 g/mol. The summed E-state index contributed by atoms with van der Waals surface area (Å²) in [5.74, 6) is -6.03. The summed E-state index contributed by atoms with van der Waals surface area (Å²) in [7, 11) is 0. The number of halogens is 6. The second-order valence-electron chi connectivity index (χ2n) is 20.2. The van der Waals surface area contributed by atoms with Crippen molar-refractivity contribution in [2.24, 2.45) is 11.8 Å². The number of unbranched alkanes of at least 4 members (excludes halogenated alkanes) is 4. The number of hydrogen-bond acceptors (Lipinski definition) is 0. The van der Waals surface area contributed by atoms with Gasteiger partial charge in [-0.05, 0) is 128 Å². The summed E-state index contributed by atoms with van der Waals surface area (Å²) in [6.45, 7) is 16.5. The molecular weight excluding hydrogens is 895 g/mol. The molecule has 398 valence electrons. The number of alkyl halides is 6. The van der Waals surface area contributed by atoms with E-state index in [1.807, 2.05) is 30.4 Å². The van der Waals surface area contributed by atoms with Gasteiger partial charge in [0.1, 0.15) is 0 Å². The molecule has 0 saturated carbocycles. The summed E-state index contributed by atoms with van der Waals surface area (Å²) in [6.07, 6.45) is 67.1. The van der Waals surface area contributed by atoms with E-state index in [4.69, 9.17) is 0 Å². The van der Waals surface area contributed by atoms with E-state index >= 15 is 0 Å². The van der Waals surface area contributed by atoms with E-state index in [1.54, 1.807) is 34.4 Å². The summed E-state index contributed by atoms with van der Waals surface area (Å²) < 4.78 is 74.0. The van der Waals surface area contributed by atoms with Crippen LogP contribution >= 0.6 is 0 Å². The minimum Gasteiger partial charge on any atom is -0.207 e. The number of allylic oxidation sites excluding steroid dienone is 28. The van der Waals surface area contributed by atoms with Gasteiger partial charge >= 0.3 is 0 Å². The first kappa shape index (κ1) is 65.0. The Morgan fingerprint density at radius 2 is 0.761 bits per heavy atom. The van der Waals surface area contributed by atoms with Crippen molar-refractivity contribution >= 4 is 0 Å². The van der Waals surface area contributed by atoms with Gasteiger partial charge in [0.2, 0.25) is 11.8 Å². The third kappa shape index (κ3) is 35.7. The van der Waals surface area contributed by atoms with Gasteiger partial charge < -0.3 is 0 Å². The quantitative estimate of drug-likeness (QED) is 0.0794. The highest BCUT2D eigenvalue weighted by molar-refractivity contribution is 5.28. The highest BCUT2D eigenvalue weighted by Crippen LogP contribution is 2.29. The Morgan fingerprint density at radius 1 is 0.394 bits per heavy atom. The molecule has 2 unspecified atom stereocenters. The third-order valence-electron chi connectivity index (χ3n) is 13.1. The largest absolute Gasteiger partial charge is 0.267 e. The van der Waals surface area contributed by atoms with Crippen LogP contribution in [0.15, 0.2) is 167 Å². The van der Waals surface area contributed by atoms with Gasteiger partial charge in [0.05, 0.1) is 0 Å². The Kier molecular flexibility index (Phi) is 35.3. The van der Waals surface area contributed by atoms with Crippen molar-refractivity contribution in [1.29, 1.82) is 0 Å². The van der Waals surface area contributed by atoms with E-state index in [0.717, 1.165) is 57.4 Å². The molecule has 2 atom stereocenters. The molecule has 0 amide bonds. The van der Waals surface area contributed by atoms with E-state index < -0.39 is 17.8 Å². The molecule has 0 heterocycles. The van der Waals surface area contributed by atoms with Crippen LogP contribution in [-0.2, 0) is 0 Å². The maximum atomic E-state index is 12.4. The van der Waals surface area contributed by atoms with E-state index in [0.29, 0.717) is 19.3 Å². The van der Waals surface area contributed by atoms with Gasteiger partial charge in [0.25, 0.3) is 5.92 Å². The Labute approximate surface area is 430 Å². The molecule has 0 fully saturated rings. The van der Waals surface area contributed by atoms with Crippen molar-refractivity contribution in [3.8, 4) is 0 Å². The van der Waals surface area contributed by atoms with E-state index in [2.05, 4.69) is 121 Å². The second-order valence-corrected chi connectivity index (χ2v) is 20.2. The first-order chi connectivity index (χ1) is 33.8. The molecule has 7 aliphatic carbocycles. The van der Waals surface area contributed by atoms with Crippen molar-refractivity contribution in [3.05, 3.63) is 167 Å². The molecule has 0 bridgehead atoms. The monoisotopic (exact) mass is 991 g/mol. The van der Waals surface area contributed by atoms with Crippen LogP contribution in [0.1, 0.15) is 210 Å². The topological polar surface area (TPSA) is 0 Å². The fourth-order valence-electron chi connectivity index (χ4n) is 8.23. The zero-order valence-corrected chi connectivity index (χ0v) is 45.8. The lowest BCUT2D eigenvalue weighted by molar-refractivity contribution is 0.0108. The third-order valence-corrected chi connectivity index (χ3v) is 13.1. The molecule has 6 heteroatoms. The molecule has 71 heavy (non-hydrogen) atoms. The zero-order valence-electron chi connectivity index (χ0n) is 45.8. The molecule has 0 N–H and O–H groups in total. The molecule has 0 aliphatic heterocycles. The molecular formula is C65H96F6. The highest BCUT2D eigenvalue weighted by Gasteiger charge is 2.27. The highest BCUT2D eigenvalue weighted by atomic mass is 19.3. The molecule has 0 aromatic rings. The van der Waals surface area contributed by atoms with Gasteiger partial charge in [-0.15, -0.1) is 0 Å². The van der Waals surface area contributed by atoms with Crippen molar-refractivity contribution < 1.29 is 26.3 Å². The first-order valence-corrected chi connectivity index (χ1v) is 27.4. The van der Waals surface area contributed by atoms with Crippen molar-refractivity contribution in [3.63, 3.8) is 0 Å². The van der Waals surface area contributed by atoms with Crippen molar-refractivity contribution in [2.75, 3.05) is 0 Å². The van der Waals surface area contributed by atoms with E-state index in [9.17, 15) is 26.3 Å². The summed E-state index contributed by atoms with van der Waals surface area (Å²) in [4.78, 5) is 0. The van der Waals surface area contributed by atoms with Crippen LogP contribution in [0.2, 0.25) is 0 Å². The van der Waals surface area contributed by atoms with Crippen molar-refractivity contribution in [2.45, 2.75) is 228 Å². The fourth-order valence-corrected chi connectivity index (χ4v) is 8.23. The molecule has 0 aromatic carbocycles. The van der Waals surface area contributed by atoms with Crippen molar-refractivity contribution in [1.82, 2.24) is 0 Å². The minimum atomic E-state index is -2.62. The average Bonchev–Trinajstić information content (AvgIpc) is 4.17. The Hall–Kier alpha value is -4.06. The molecule has 0 radical (unpaired) electrons. The second kappa shape index (κ2) is 38.5. The molecule has 0 saturated heterocycles. The van der Waals surface area contributed by atoms with Gasteiger partial charge in [0.15, 0.2) is 0 Å². The smallest absolute Gasteiger partial charge is 0.207 e. The van der Waals surface area contributed by atoms with Crippen LogP contribution in [0.4, 0.5) is 26.3 Å². The maximum Gasteiger partial charge on any atom is 0.267 e. The molecule has 0 aromatic heterocycles. The summed E-state index contributed by atoms with van der Waals surface area (Å²) >= 11 is 0. The van der Waals surface area contributed by atoms with Crippen LogP contribution in [0.25, 0.3) is 0 Å². The number of rotatable bonds is 21. The Bertz CT molecular complexity index is 1860. The van der Waals surface area contributed by atoms with E-state index in [-0.39, 0.29) is 18.4 Å². The Balaban J connectivity index is 0.000000415. The Morgan fingerprint density at radius 3 is 1.06 bits per heavy atom. The van der Waals surface area contributed by atoms with Crippen LogP contribution in [0.5, 0.6) is 0 Å². The summed E-state index contributed by atoms with van der Waals surface area (Å²) in [5.41, 5.74) is 9.05. The van der Waals surface area contributed by atoms with Crippen LogP contribution in [0, 0.1) is 11.8 Å². The van der Waals surface area contributed by atoms with Crippen LogP contribution in [-0.4, -0.2) is 17.8 Å². The predicted octanol–water partition coefficient (Wildman–Crippen LogP) is 22.7. The summed E-state index contributed by atoms with van der Waals surface area (Å²) in [5, 5.41) is 0. The molecule has 7 rings (SSSR count). The van der Waals surface area contributed by atoms with Crippen LogP contribution in [0.3, 0.4) is 0 Å². The lowest BCUT2D eigenvalue weighted by atomic mass is 9.96. The standard InChI is InChI=1S/C10H14F2.3C10H16.C9H12F2.C9H14.C7H8F2/c1-10(11,12)8-4-7-9-5-2-3-6-9;1-3-6-9(2)10-7-4-5-8-10;2*1-2-3-4-7-10-8-5-6-9-10;1-9(10,11)7-6-8-4-2-3-5-8;1-3-8(2)9-6-4-5-7-9;1-7(8,9)6-4-2-3-5-6/h2-3,5H,4,6-8H2,1H3;4-5,7,9H,3,6,8H2,1-2H3;2*5-6,8H,2-4,7,9H2,1H3;2-4H,5-7H2,1H3;4-6,8H,3,7H2,1-2H3;2-4H,5H2,1H3. The SMILES string of the molecule is CC(F)(F)C1=CC=CC1.CC(F)(F)CCC1=CC=CC1.CC(F)(F)CCCC1=CC=CC1.CCC(C)C1=CC=CC1.CCCC(C)C1=CC=CC1.CCCCCC1=CC=CC1.CCCCCC1=CC=CC1. The maximum absolute atomic E-state index is 12.4. The van der Waals surface area contributed by atoms with E-state index in [1.165, 1.54) is 108 Å². The fraction of sp³-hybridized carbons (Fsp3) is 0.569. The minimum absolute atomic E-state index is 0.00431. The van der Waals surface area contributed by atoms with Gasteiger partial charge in [-0.2, -0.15) is 0 Å². The van der Waals surface area contributed by atoms with Gasteiger partial charge in [-0.3, -0.25) is 0 Å². The first-order valence-electron chi connectivity index (χ1n) is 27.4.